The quantitative estimate of drug-likeness (QED) is 0.0628. The van der Waals surface area contributed by atoms with Crippen LogP contribution in [-0.4, -0.2) is 160 Å². The molecule has 0 aromatic carbocycles. The molecule has 5 unspecified atom stereocenters. The predicted molar refractivity (Wildman–Crippen MR) is 323 cm³/mol. The lowest BCUT2D eigenvalue weighted by Gasteiger charge is -2.64. The average Bonchev–Trinajstić information content (AvgIpc) is 3.29. The van der Waals surface area contributed by atoms with Gasteiger partial charge < -0.3 is 32.7 Å². The number of rotatable bonds is 28. The largest absolute Gasteiger partial charge is 0.326 e. The Balaban J connectivity index is 1.49. The molecule has 4 fully saturated rings. The fourth-order valence-corrected chi connectivity index (χ4v) is 16.2. The number of nitrogens with zero attached hydrogens (tertiary/aromatic N) is 9. The first-order valence-corrected chi connectivity index (χ1v) is 31.4. The van der Waals surface area contributed by atoms with E-state index in [0.29, 0.717) is 24.2 Å². The molecule has 0 spiro atoms. The van der Waals surface area contributed by atoms with Crippen LogP contribution in [0.1, 0.15) is 265 Å². The summed E-state index contributed by atoms with van der Waals surface area (Å²) in [6.45, 7) is 51.2. The Morgan fingerprint density at radius 3 is 1.22 bits per heavy atom. The topological polar surface area (TPSA) is 162 Å². The van der Waals surface area contributed by atoms with E-state index in [2.05, 4.69) is 159 Å². The molecule has 5 atom stereocenters. The van der Waals surface area contributed by atoms with E-state index < -0.39 is 0 Å². The first kappa shape index (κ1) is 65.4. The van der Waals surface area contributed by atoms with Crippen molar-refractivity contribution in [2.45, 2.75) is 329 Å². The highest BCUT2D eigenvalue weighted by atomic mass is 15.4. The van der Waals surface area contributed by atoms with Gasteiger partial charge in [0.05, 0.1) is 18.4 Å². The molecule has 442 valence electrons. The zero-order valence-corrected chi connectivity index (χ0v) is 53.1. The van der Waals surface area contributed by atoms with E-state index >= 15 is 0 Å². The average molecular weight is 1060 g/mol. The number of likely N-dealkylation sites (tertiary alicyclic amines) is 4. The fourth-order valence-electron chi connectivity index (χ4n) is 16.2. The van der Waals surface area contributed by atoms with E-state index in [0.717, 1.165) is 89.7 Å². The van der Waals surface area contributed by atoms with Crippen molar-refractivity contribution in [3.05, 3.63) is 18.5 Å². The van der Waals surface area contributed by atoms with E-state index in [1.165, 1.54) is 90.4 Å². The highest BCUT2D eigenvalue weighted by Crippen LogP contribution is 2.50. The van der Waals surface area contributed by atoms with Gasteiger partial charge in [-0.05, 0) is 242 Å². The van der Waals surface area contributed by atoms with Crippen LogP contribution in [0.25, 0.3) is 0 Å². The minimum atomic E-state index is -0.240. The van der Waals surface area contributed by atoms with Crippen LogP contribution in [0.3, 0.4) is 0 Å². The molecule has 4 saturated heterocycles. The Labute approximate surface area is 469 Å². The SMILES string of the molecule is CCCCN(CCCC)C(CCCN(C1CC(C)(C)N(C(N)C(C)(C)CC(CC(C)(C)N)N2CCCCC2)C(C)(C)C1)C1CC(C)(C)N(C(N)C(C)(C)CC(CC(C)(C)N)N2CCCCC2)C(C)(C)C1)c1ncncn1. The summed E-state index contributed by atoms with van der Waals surface area (Å²) in [6.07, 6.45) is 26.0. The van der Waals surface area contributed by atoms with Crippen LogP contribution in [0.15, 0.2) is 12.7 Å². The third-order valence-electron chi connectivity index (χ3n) is 19.2. The molecule has 5 heterocycles. The second-order valence-electron chi connectivity index (χ2n) is 30.9. The van der Waals surface area contributed by atoms with E-state index in [9.17, 15) is 0 Å². The smallest absolute Gasteiger partial charge is 0.149 e. The van der Waals surface area contributed by atoms with Gasteiger partial charge in [0.15, 0.2) is 0 Å². The second kappa shape index (κ2) is 26.7. The molecule has 0 aliphatic carbocycles. The maximum atomic E-state index is 7.82. The highest BCUT2D eigenvalue weighted by molar-refractivity contribution is 5.12. The molecule has 13 nitrogen and oxygen atoms in total. The molecule has 0 amide bonds. The van der Waals surface area contributed by atoms with Crippen molar-refractivity contribution >= 4 is 0 Å². The van der Waals surface area contributed by atoms with E-state index in [-0.39, 0.29) is 62.4 Å². The fraction of sp³-hybridized carbons (Fsp3) is 0.952. The normalized spacial score (nSPS) is 24.2. The standard InChI is InChI=1S/C63H125N13/c1-19-21-31-73(32-22-20-2)52(53-69-46-68-47-70-53)30-29-37-74(50-42-60(11,12)75(61(13,14)43-50)54(64)56(3,4)38-48(40-58(7,8)66)71-33-25-23-26-34-71)51-44-62(15,16)76(63(17,18)45-51)55(65)57(5,6)39-49(41-59(9,10)67)72-35-27-24-28-36-72/h46-52,54-55H,19-45,64-67H2,1-18H3. The van der Waals surface area contributed by atoms with Gasteiger partial charge in [-0.15, -0.1) is 0 Å². The predicted octanol–water partition coefficient (Wildman–Crippen LogP) is 11.3. The van der Waals surface area contributed by atoms with Gasteiger partial charge in [0.25, 0.3) is 0 Å². The summed E-state index contributed by atoms with van der Waals surface area (Å²) >= 11 is 0. The molecule has 0 bridgehead atoms. The van der Waals surface area contributed by atoms with Gasteiger partial charge in [0.1, 0.15) is 18.5 Å². The number of hydrogen-bond donors (Lipinski definition) is 4. The lowest BCUT2D eigenvalue weighted by atomic mass is 9.69. The summed E-state index contributed by atoms with van der Waals surface area (Å²) < 4.78 is 0. The maximum Gasteiger partial charge on any atom is 0.149 e. The first-order valence-electron chi connectivity index (χ1n) is 31.4. The molecular weight excluding hydrogens is 939 g/mol. The van der Waals surface area contributed by atoms with Gasteiger partial charge in [-0.2, -0.15) is 0 Å². The third kappa shape index (κ3) is 17.8. The molecule has 4 aliphatic rings. The summed E-state index contributed by atoms with van der Waals surface area (Å²) in [4.78, 5) is 30.8. The minimum Gasteiger partial charge on any atom is -0.326 e. The molecule has 4 aliphatic heterocycles. The van der Waals surface area contributed by atoms with Gasteiger partial charge in [-0.3, -0.25) is 19.6 Å². The molecule has 0 radical (unpaired) electrons. The Morgan fingerprint density at radius 2 is 0.895 bits per heavy atom. The van der Waals surface area contributed by atoms with Crippen LogP contribution in [0.5, 0.6) is 0 Å². The van der Waals surface area contributed by atoms with Crippen molar-refractivity contribution in [3.8, 4) is 0 Å². The van der Waals surface area contributed by atoms with Gasteiger partial charge in [-0.1, -0.05) is 67.2 Å². The summed E-state index contributed by atoms with van der Waals surface area (Å²) in [6, 6.07) is 1.73. The van der Waals surface area contributed by atoms with Crippen molar-refractivity contribution in [2.75, 3.05) is 45.8 Å². The van der Waals surface area contributed by atoms with Gasteiger partial charge in [0, 0.05) is 57.4 Å². The molecule has 8 N–H and O–H groups in total. The third-order valence-corrected chi connectivity index (χ3v) is 19.2. The van der Waals surface area contributed by atoms with Crippen molar-refractivity contribution < 1.29 is 0 Å². The monoisotopic (exact) mass is 1060 g/mol. The van der Waals surface area contributed by atoms with E-state index in [1.807, 2.05) is 0 Å². The van der Waals surface area contributed by atoms with Crippen LogP contribution in [-0.2, 0) is 0 Å². The number of nitrogens with two attached hydrogens (primary N) is 4. The Hall–Kier alpha value is -1.39. The molecule has 0 saturated carbocycles. The molecule has 76 heavy (non-hydrogen) atoms. The van der Waals surface area contributed by atoms with Gasteiger partial charge in [-0.25, -0.2) is 15.0 Å². The van der Waals surface area contributed by atoms with Gasteiger partial charge >= 0.3 is 0 Å². The van der Waals surface area contributed by atoms with Gasteiger partial charge in [0.2, 0.25) is 0 Å². The number of aromatic nitrogens is 3. The summed E-state index contributed by atoms with van der Waals surface area (Å²) in [5.74, 6) is 0.920. The van der Waals surface area contributed by atoms with Crippen molar-refractivity contribution in [2.24, 2.45) is 33.8 Å². The summed E-state index contributed by atoms with van der Waals surface area (Å²) in [5, 5.41) is 0. The zero-order valence-electron chi connectivity index (χ0n) is 53.1. The van der Waals surface area contributed by atoms with Crippen LogP contribution in [0.2, 0.25) is 0 Å². The summed E-state index contributed by atoms with van der Waals surface area (Å²) in [5.41, 5.74) is 28.0. The molecule has 13 heteroatoms. The number of unbranched alkanes of at least 4 members (excludes halogenated alkanes) is 2. The number of hydrogen-bond acceptors (Lipinski definition) is 13. The summed E-state index contributed by atoms with van der Waals surface area (Å²) in [7, 11) is 0. The molecule has 1 aromatic heterocycles. The Kier molecular flexibility index (Phi) is 23.0. The Bertz CT molecular complexity index is 1700. The number of piperidine rings is 4. The molecule has 5 rings (SSSR count). The van der Waals surface area contributed by atoms with Crippen LogP contribution < -0.4 is 22.9 Å². The molecule has 1 aromatic rings. The lowest BCUT2D eigenvalue weighted by molar-refractivity contribution is -0.149. The second-order valence-corrected chi connectivity index (χ2v) is 30.9. The van der Waals surface area contributed by atoms with E-state index in [1.54, 1.807) is 12.7 Å². The van der Waals surface area contributed by atoms with E-state index in [4.69, 9.17) is 32.9 Å². The minimum absolute atomic E-state index is 0.116. The van der Waals surface area contributed by atoms with Crippen molar-refractivity contribution in [1.82, 2.24) is 44.4 Å². The van der Waals surface area contributed by atoms with Crippen molar-refractivity contribution in [1.29, 1.82) is 0 Å². The van der Waals surface area contributed by atoms with Crippen LogP contribution in [0, 0.1) is 10.8 Å². The Morgan fingerprint density at radius 1 is 0.539 bits per heavy atom. The maximum absolute atomic E-state index is 7.82. The van der Waals surface area contributed by atoms with Crippen LogP contribution >= 0.6 is 0 Å². The highest BCUT2D eigenvalue weighted by Gasteiger charge is 2.56. The van der Waals surface area contributed by atoms with Crippen molar-refractivity contribution in [3.63, 3.8) is 0 Å². The lowest BCUT2D eigenvalue weighted by Crippen LogP contribution is -2.74. The zero-order chi connectivity index (χ0) is 56.7. The van der Waals surface area contributed by atoms with Crippen LogP contribution in [0.4, 0.5) is 0 Å². The first-order chi connectivity index (χ1) is 35.1. The molecular formula is C63H125N13.